The van der Waals surface area contributed by atoms with Crippen LogP contribution < -0.4 is 10.6 Å². The van der Waals surface area contributed by atoms with E-state index in [2.05, 4.69) is 42.2 Å². The van der Waals surface area contributed by atoms with Gasteiger partial charge in [0.05, 0.1) is 11.3 Å². The number of aryl methyl sites for hydroxylation is 1. The first-order chi connectivity index (χ1) is 11.1. The summed E-state index contributed by atoms with van der Waals surface area (Å²) in [7, 11) is 0. The Balaban J connectivity index is 1.78. The van der Waals surface area contributed by atoms with Crippen LogP contribution in [0, 0.1) is 25.2 Å². The molecular weight excluding hydrogens is 282 g/mol. The summed E-state index contributed by atoms with van der Waals surface area (Å²) in [6.07, 6.45) is 2.23. The molecule has 1 aliphatic heterocycles. The van der Waals surface area contributed by atoms with E-state index in [0.717, 1.165) is 48.4 Å². The maximum atomic E-state index is 9.40. The lowest BCUT2D eigenvalue weighted by Crippen LogP contribution is -2.34. The molecule has 0 radical (unpaired) electrons. The first kappa shape index (κ1) is 15.4. The predicted molar refractivity (Wildman–Crippen MR) is 95.7 cm³/mol. The van der Waals surface area contributed by atoms with Gasteiger partial charge in [-0.3, -0.25) is 0 Å². The van der Waals surface area contributed by atoms with Crippen molar-refractivity contribution < 1.29 is 0 Å². The predicted octanol–water partition coefficient (Wildman–Crippen LogP) is 4.14. The van der Waals surface area contributed by atoms with Crippen molar-refractivity contribution in [2.75, 3.05) is 23.7 Å². The highest BCUT2D eigenvalue weighted by Gasteiger charge is 2.23. The molecule has 3 heteroatoms. The van der Waals surface area contributed by atoms with Crippen molar-refractivity contribution in [3.05, 3.63) is 58.7 Å². The largest absolute Gasteiger partial charge is 0.398 e. The van der Waals surface area contributed by atoms with Gasteiger partial charge in [0.25, 0.3) is 0 Å². The average molecular weight is 305 g/mol. The highest BCUT2D eigenvalue weighted by Crippen LogP contribution is 2.35. The molecule has 0 unspecified atom stereocenters. The highest BCUT2D eigenvalue weighted by molar-refractivity contribution is 5.71. The third-order valence-electron chi connectivity index (χ3n) is 4.95. The Hall–Kier alpha value is -2.47. The van der Waals surface area contributed by atoms with Crippen LogP contribution in [0.4, 0.5) is 11.4 Å². The van der Waals surface area contributed by atoms with E-state index in [0.29, 0.717) is 5.92 Å². The number of nitriles is 1. The second-order valence-electron chi connectivity index (χ2n) is 6.46. The van der Waals surface area contributed by atoms with Crippen molar-refractivity contribution in [2.45, 2.75) is 32.6 Å². The van der Waals surface area contributed by atoms with Crippen molar-refractivity contribution in [3.63, 3.8) is 0 Å². The van der Waals surface area contributed by atoms with Crippen molar-refractivity contribution in [3.8, 4) is 6.07 Å². The Bertz CT molecular complexity index is 733. The lowest BCUT2D eigenvalue weighted by Gasteiger charge is -2.35. The van der Waals surface area contributed by atoms with Crippen LogP contribution in [0.15, 0.2) is 36.4 Å². The molecule has 3 nitrogen and oxygen atoms in total. The quantitative estimate of drug-likeness (QED) is 0.848. The normalized spacial score (nSPS) is 15.4. The second kappa shape index (κ2) is 6.34. The Kier molecular flexibility index (Phi) is 4.25. The zero-order chi connectivity index (χ0) is 16.4. The number of nitrogens with two attached hydrogens (primary N) is 1. The molecule has 3 rings (SSSR count). The Morgan fingerprint density at radius 1 is 1.04 bits per heavy atom. The summed E-state index contributed by atoms with van der Waals surface area (Å²) in [4.78, 5) is 2.33. The molecule has 1 aliphatic rings. The summed E-state index contributed by atoms with van der Waals surface area (Å²) in [5, 5.41) is 9.40. The minimum atomic E-state index is 0.610. The minimum absolute atomic E-state index is 0.610. The number of rotatable bonds is 2. The zero-order valence-corrected chi connectivity index (χ0v) is 13.8. The molecule has 1 saturated heterocycles. The van der Waals surface area contributed by atoms with Crippen LogP contribution >= 0.6 is 0 Å². The summed E-state index contributed by atoms with van der Waals surface area (Å²) >= 11 is 0. The molecular formula is C20H23N3. The Labute approximate surface area is 138 Å². The van der Waals surface area contributed by atoms with E-state index >= 15 is 0 Å². The number of hydrogen-bond acceptors (Lipinski definition) is 3. The van der Waals surface area contributed by atoms with Gasteiger partial charge >= 0.3 is 0 Å². The molecule has 0 bridgehead atoms. The summed E-state index contributed by atoms with van der Waals surface area (Å²) < 4.78 is 0. The van der Waals surface area contributed by atoms with Gasteiger partial charge in [0.1, 0.15) is 6.07 Å². The van der Waals surface area contributed by atoms with Gasteiger partial charge < -0.3 is 10.6 Å². The van der Waals surface area contributed by atoms with E-state index in [1.54, 1.807) is 0 Å². The Morgan fingerprint density at radius 3 is 2.30 bits per heavy atom. The van der Waals surface area contributed by atoms with Crippen molar-refractivity contribution in [2.24, 2.45) is 0 Å². The molecule has 0 spiro atoms. The molecule has 0 aliphatic carbocycles. The average Bonchev–Trinajstić information content (AvgIpc) is 2.58. The van der Waals surface area contributed by atoms with Crippen LogP contribution in [0.5, 0.6) is 0 Å². The van der Waals surface area contributed by atoms with E-state index in [1.165, 1.54) is 11.1 Å². The van der Waals surface area contributed by atoms with Crippen LogP contribution in [0.25, 0.3) is 0 Å². The van der Waals surface area contributed by atoms with Gasteiger partial charge in [0, 0.05) is 18.8 Å². The van der Waals surface area contributed by atoms with Crippen LogP contribution in [0.2, 0.25) is 0 Å². The first-order valence-corrected chi connectivity index (χ1v) is 8.21. The molecule has 2 aromatic carbocycles. The number of hydrogen-bond donors (Lipinski definition) is 1. The molecule has 0 saturated carbocycles. The second-order valence-corrected chi connectivity index (χ2v) is 6.46. The molecule has 2 aromatic rings. The molecule has 1 heterocycles. The van der Waals surface area contributed by atoms with Crippen molar-refractivity contribution in [1.29, 1.82) is 5.26 Å². The molecule has 1 fully saturated rings. The van der Waals surface area contributed by atoms with E-state index < -0.39 is 0 Å². The van der Waals surface area contributed by atoms with Gasteiger partial charge in [0.2, 0.25) is 0 Å². The van der Waals surface area contributed by atoms with Gasteiger partial charge in [-0.15, -0.1) is 0 Å². The Morgan fingerprint density at radius 2 is 1.70 bits per heavy atom. The smallest absolute Gasteiger partial charge is 0.101 e. The molecule has 0 amide bonds. The maximum Gasteiger partial charge on any atom is 0.101 e. The molecule has 0 aromatic heterocycles. The zero-order valence-electron chi connectivity index (χ0n) is 13.8. The fourth-order valence-corrected chi connectivity index (χ4v) is 3.49. The lowest BCUT2D eigenvalue weighted by molar-refractivity contribution is 0.505. The fourth-order valence-electron chi connectivity index (χ4n) is 3.49. The number of benzene rings is 2. The van der Waals surface area contributed by atoms with Crippen LogP contribution in [-0.4, -0.2) is 13.1 Å². The van der Waals surface area contributed by atoms with E-state index in [4.69, 9.17) is 5.73 Å². The monoisotopic (exact) mass is 305 g/mol. The standard InChI is InChI=1S/C20H23N3/c1-14-3-5-16(6-4-14)17-9-11-23(12-10-17)20-15(2)19(22)8-7-18(20)13-21/h3-8,17H,9-12,22H2,1-2H3. The third kappa shape index (κ3) is 3.03. The lowest BCUT2D eigenvalue weighted by atomic mass is 9.88. The van der Waals surface area contributed by atoms with Crippen LogP contribution in [0.3, 0.4) is 0 Å². The van der Waals surface area contributed by atoms with Gasteiger partial charge in [-0.25, -0.2) is 0 Å². The van der Waals surface area contributed by atoms with E-state index in [9.17, 15) is 5.26 Å². The summed E-state index contributed by atoms with van der Waals surface area (Å²) in [5.41, 5.74) is 12.3. The van der Waals surface area contributed by atoms with Crippen LogP contribution in [0.1, 0.15) is 41.0 Å². The van der Waals surface area contributed by atoms with Gasteiger partial charge in [-0.2, -0.15) is 5.26 Å². The van der Waals surface area contributed by atoms with Crippen molar-refractivity contribution >= 4 is 11.4 Å². The number of nitrogens with zero attached hydrogens (tertiary/aromatic N) is 2. The SMILES string of the molecule is Cc1ccc(C2CCN(c3c(C#N)ccc(N)c3C)CC2)cc1. The topological polar surface area (TPSA) is 53.0 Å². The summed E-state index contributed by atoms with van der Waals surface area (Å²) in [6.45, 7) is 6.07. The third-order valence-corrected chi connectivity index (χ3v) is 4.95. The van der Waals surface area contributed by atoms with Gasteiger partial charge in [0.15, 0.2) is 0 Å². The summed E-state index contributed by atoms with van der Waals surface area (Å²) in [5.74, 6) is 0.610. The summed E-state index contributed by atoms with van der Waals surface area (Å²) in [6, 6.07) is 14.9. The van der Waals surface area contributed by atoms with Crippen LogP contribution in [-0.2, 0) is 0 Å². The minimum Gasteiger partial charge on any atom is -0.398 e. The van der Waals surface area contributed by atoms with E-state index in [-0.39, 0.29) is 0 Å². The number of nitrogen functional groups attached to an aromatic ring is 1. The number of piperidine rings is 1. The van der Waals surface area contributed by atoms with Crippen molar-refractivity contribution in [1.82, 2.24) is 0 Å². The van der Waals surface area contributed by atoms with Gasteiger partial charge in [-0.1, -0.05) is 29.8 Å². The highest BCUT2D eigenvalue weighted by atomic mass is 15.1. The van der Waals surface area contributed by atoms with E-state index in [1.807, 2.05) is 19.1 Å². The number of anilines is 2. The first-order valence-electron chi connectivity index (χ1n) is 8.21. The molecule has 2 N–H and O–H groups in total. The maximum absolute atomic E-state index is 9.40. The molecule has 118 valence electrons. The molecule has 23 heavy (non-hydrogen) atoms. The molecule has 0 atom stereocenters. The fraction of sp³-hybridized carbons (Fsp3) is 0.350. The van der Waals surface area contributed by atoms with Gasteiger partial charge in [-0.05, 0) is 55.9 Å².